The molecule has 0 saturated carbocycles. The Kier molecular flexibility index (Phi) is 4.73. The minimum atomic E-state index is -1.31. The molecular weight excluding hydrogens is 339 g/mol. The van der Waals surface area contributed by atoms with Crippen LogP contribution in [0.2, 0.25) is 15.1 Å². The maximum absolute atomic E-state index is 11.9. The average Bonchev–Trinajstić information content (AvgIpc) is 2.48. The number of benzene rings is 2. The first-order valence-electron chi connectivity index (χ1n) is 5.60. The van der Waals surface area contributed by atoms with Gasteiger partial charge in [-0.05, 0) is 18.2 Å². The number of hydrogen-bond donors (Lipinski definition) is 1. The van der Waals surface area contributed by atoms with Crippen molar-refractivity contribution < 1.29 is 19.4 Å². The summed E-state index contributed by atoms with van der Waals surface area (Å²) in [7, 11) is 0. The summed E-state index contributed by atoms with van der Waals surface area (Å²) in [6.45, 7) is 0. The number of rotatable bonds is 3. The van der Waals surface area contributed by atoms with Crippen LogP contribution >= 0.6 is 34.8 Å². The molecule has 0 bridgehead atoms. The van der Waals surface area contributed by atoms with Gasteiger partial charge in [-0.1, -0.05) is 53.0 Å². The second-order valence-electron chi connectivity index (χ2n) is 3.92. The van der Waals surface area contributed by atoms with Gasteiger partial charge in [0.05, 0.1) is 21.2 Å². The highest BCUT2D eigenvalue weighted by Gasteiger charge is 2.21. The van der Waals surface area contributed by atoms with Crippen LogP contribution in [0.4, 0.5) is 0 Å². The van der Waals surface area contributed by atoms with Crippen LogP contribution in [-0.4, -0.2) is 17.0 Å². The zero-order valence-electron chi connectivity index (χ0n) is 10.3. The molecular formula is C14H7Cl3O4. The first-order valence-corrected chi connectivity index (χ1v) is 6.73. The molecule has 2 aromatic rings. The van der Waals surface area contributed by atoms with E-state index in [0.29, 0.717) is 0 Å². The lowest BCUT2D eigenvalue weighted by atomic mass is 10.2. The normalized spacial score (nSPS) is 10.2. The molecule has 0 spiro atoms. The van der Waals surface area contributed by atoms with Crippen molar-refractivity contribution in [3.63, 3.8) is 0 Å². The van der Waals surface area contributed by atoms with Crippen molar-refractivity contribution in [3.8, 4) is 5.75 Å². The zero-order valence-corrected chi connectivity index (χ0v) is 12.5. The standard InChI is InChI=1S/C14H7Cl3O4/c15-10-8(13(18)19)6-9(11(16)12(10)17)21-14(20)7-4-2-1-3-5-7/h1-6H,(H,18,19). The average molecular weight is 346 g/mol. The maximum atomic E-state index is 11.9. The molecule has 4 nitrogen and oxygen atoms in total. The van der Waals surface area contributed by atoms with Crippen LogP contribution in [0.15, 0.2) is 36.4 Å². The van der Waals surface area contributed by atoms with Gasteiger partial charge in [-0.2, -0.15) is 0 Å². The SMILES string of the molecule is O=C(Oc1cc(C(=O)O)c(Cl)c(Cl)c1Cl)c1ccccc1. The first kappa shape index (κ1) is 15.6. The summed E-state index contributed by atoms with van der Waals surface area (Å²) < 4.78 is 5.08. The van der Waals surface area contributed by atoms with Crippen LogP contribution in [0.3, 0.4) is 0 Å². The van der Waals surface area contributed by atoms with Gasteiger partial charge in [-0.25, -0.2) is 9.59 Å². The highest BCUT2D eigenvalue weighted by molar-refractivity contribution is 6.49. The van der Waals surface area contributed by atoms with Crippen LogP contribution < -0.4 is 4.74 Å². The topological polar surface area (TPSA) is 63.6 Å². The Hall–Kier alpha value is -1.75. The molecule has 0 heterocycles. The number of carbonyl (C=O) groups excluding carboxylic acids is 1. The van der Waals surface area contributed by atoms with Crippen molar-refractivity contribution >= 4 is 46.7 Å². The maximum Gasteiger partial charge on any atom is 0.343 e. The Morgan fingerprint density at radius 2 is 1.57 bits per heavy atom. The minimum absolute atomic E-state index is 0.129. The molecule has 0 amide bonds. The Bertz CT molecular complexity index is 714. The van der Waals surface area contributed by atoms with Gasteiger partial charge in [0.25, 0.3) is 0 Å². The van der Waals surface area contributed by atoms with Crippen LogP contribution in [0.5, 0.6) is 5.75 Å². The summed E-state index contributed by atoms with van der Waals surface area (Å²) in [5.41, 5.74) is -0.0153. The minimum Gasteiger partial charge on any atom is -0.478 e. The van der Waals surface area contributed by atoms with E-state index >= 15 is 0 Å². The van der Waals surface area contributed by atoms with E-state index in [-0.39, 0.29) is 31.9 Å². The number of carbonyl (C=O) groups is 2. The fraction of sp³-hybridized carbons (Fsp3) is 0. The molecule has 0 aliphatic carbocycles. The van der Waals surface area contributed by atoms with E-state index in [9.17, 15) is 9.59 Å². The van der Waals surface area contributed by atoms with Crippen LogP contribution in [-0.2, 0) is 0 Å². The summed E-state index contributed by atoms with van der Waals surface area (Å²) in [6, 6.07) is 9.22. The van der Waals surface area contributed by atoms with E-state index in [0.717, 1.165) is 6.07 Å². The molecule has 108 valence electrons. The number of carboxylic acid groups (broad SMARTS) is 1. The summed E-state index contributed by atoms with van der Waals surface area (Å²) in [5.74, 6) is -2.17. The van der Waals surface area contributed by atoms with Gasteiger partial charge in [0, 0.05) is 0 Å². The van der Waals surface area contributed by atoms with Crippen LogP contribution in [0, 0.1) is 0 Å². The van der Waals surface area contributed by atoms with Gasteiger partial charge in [-0.3, -0.25) is 0 Å². The van der Waals surface area contributed by atoms with Crippen molar-refractivity contribution in [1.82, 2.24) is 0 Å². The van der Waals surface area contributed by atoms with Gasteiger partial charge in [0.2, 0.25) is 0 Å². The van der Waals surface area contributed by atoms with Gasteiger partial charge < -0.3 is 9.84 Å². The smallest absolute Gasteiger partial charge is 0.343 e. The molecule has 1 N–H and O–H groups in total. The van der Waals surface area contributed by atoms with E-state index in [1.807, 2.05) is 0 Å². The molecule has 0 unspecified atom stereocenters. The lowest BCUT2D eigenvalue weighted by Crippen LogP contribution is -2.10. The molecule has 0 radical (unpaired) electrons. The Balaban J connectivity index is 2.41. The third-order valence-electron chi connectivity index (χ3n) is 2.56. The fourth-order valence-corrected chi connectivity index (χ4v) is 2.20. The highest BCUT2D eigenvalue weighted by Crippen LogP contribution is 2.40. The molecule has 0 aliphatic heterocycles. The number of aromatic carboxylic acids is 1. The van der Waals surface area contributed by atoms with Crippen molar-refractivity contribution in [3.05, 3.63) is 62.6 Å². The summed E-state index contributed by atoms with van der Waals surface area (Å²) in [6.07, 6.45) is 0. The third kappa shape index (κ3) is 3.29. The second-order valence-corrected chi connectivity index (χ2v) is 5.06. The lowest BCUT2D eigenvalue weighted by molar-refractivity contribution is 0.0688. The number of esters is 1. The molecule has 0 aliphatic rings. The van der Waals surface area contributed by atoms with Crippen molar-refractivity contribution in [2.45, 2.75) is 0 Å². The van der Waals surface area contributed by atoms with E-state index < -0.39 is 11.9 Å². The molecule has 0 saturated heterocycles. The first-order chi connectivity index (χ1) is 9.91. The largest absolute Gasteiger partial charge is 0.478 e. The van der Waals surface area contributed by atoms with Gasteiger partial charge in [0.15, 0.2) is 5.75 Å². The number of hydrogen-bond acceptors (Lipinski definition) is 3. The quantitative estimate of drug-likeness (QED) is 0.503. The predicted molar refractivity (Wildman–Crippen MR) is 79.8 cm³/mol. The van der Waals surface area contributed by atoms with E-state index in [2.05, 4.69) is 0 Å². The number of ether oxygens (including phenoxy) is 1. The molecule has 2 rings (SSSR count). The van der Waals surface area contributed by atoms with E-state index in [1.54, 1.807) is 30.3 Å². The molecule has 2 aromatic carbocycles. The van der Waals surface area contributed by atoms with Gasteiger partial charge in [-0.15, -0.1) is 0 Å². The van der Waals surface area contributed by atoms with E-state index in [1.165, 1.54) is 0 Å². The zero-order chi connectivity index (χ0) is 15.6. The molecule has 7 heteroatoms. The van der Waals surface area contributed by atoms with Gasteiger partial charge >= 0.3 is 11.9 Å². The van der Waals surface area contributed by atoms with Crippen molar-refractivity contribution in [1.29, 1.82) is 0 Å². The van der Waals surface area contributed by atoms with Crippen molar-refractivity contribution in [2.24, 2.45) is 0 Å². The highest BCUT2D eigenvalue weighted by atomic mass is 35.5. The number of halogens is 3. The summed E-state index contributed by atoms with van der Waals surface area (Å²) in [4.78, 5) is 23.0. The van der Waals surface area contributed by atoms with Crippen LogP contribution in [0.25, 0.3) is 0 Å². The fourth-order valence-electron chi connectivity index (χ4n) is 1.54. The van der Waals surface area contributed by atoms with Crippen LogP contribution in [0.1, 0.15) is 20.7 Å². The lowest BCUT2D eigenvalue weighted by Gasteiger charge is -2.10. The number of carboxylic acids is 1. The molecule has 0 fully saturated rings. The Morgan fingerprint density at radius 3 is 2.14 bits per heavy atom. The summed E-state index contributed by atoms with van der Waals surface area (Å²) in [5, 5.41) is 8.50. The second kappa shape index (κ2) is 6.35. The third-order valence-corrected chi connectivity index (χ3v) is 3.90. The molecule has 0 aromatic heterocycles. The Labute approximate surface area is 134 Å². The Morgan fingerprint density at radius 1 is 0.952 bits per heavy atom. The molecule has 0 atom stereocenters. The van der Waals surface area contributed by atoms with E-state index in [4.69, 9.17) is 44.6 Å². The summed E-state index contributed by atoms with van der Waals surface area (Å²) >= 11 is 17.5. The predicted octanol–water partition coefficient (Wildman–Crippen LogP) is 4.56. The monoisotopic (exact) mass is 344 g/mol. The van der Waals surface area contributed by atoms with Crippen molar-refractivity contribution in [2.75, 3.05) is 0 Å². The molecule has 21 heavy (non-hydrogen) atoms. The van der Waals surface area contributed by atoms with Gasteiger partial charge in [0.1, 0.15) is 5.02 Å².